The number of aryl methyl sites for hydroxylation is 4. The highest BCUT2D eigenvalue weighted by atomic mass is 32.2. The molecule has 2 aromatic heterocycles. The van der Waals surface area contributed by atoms with Gasteiger partial charge < -0.3 is 10.2 Å². The molecule has 14 nitrogen and oxygen atoms in total. The molecule has 0 saturated carbocycles. The molecule has 0 aliphatic heterocycles. The number of carbonyl (C=O) groups is 2. The molecule has 4 aromatic rings. The van der Waals surface area contributed by atoms with Crippen molar-refractivity contribution in [3.63, 3.8) is 0 Å². The number of rotatable bonds is 8. The SMILES string of the molecule is CNc1c(S(C)(=O)=O)ccc(C(=O)c2c(C)[nH]n(C)c2=O)c1C.Cc1[nH]n(C)c(=O)c1C(=O)c1ccc(S(C)(=O)=O)c(N(C)C)c1C. The number of H-pyrrole nitrogens is 2. The number of nitrogens with zero attached hydrogens (tertiary/aromatic N) is 3. The molecule has 47 heavy (non-hydrogen) atoms. The number of benzene rings is 2. The van der Waals surface area contributed by atoms with Crippen LogP contribution in [0.25, 0.3) is 0 Å². The zero-order chi connectivity index (χ0) is 35.9. The van der Waals surface area contributed by atoms with E-state index in [1.165, 1.54) is 47.7 Å². The van der Waals surface area contributed by atoms with Crippen LogP contribution in [-0.4, -0.2) is 81.6 Å². The minimum Gasteiger partial charge on any atom is -0.387 e. The number of carbonyl (C=O) groups excluding carboxylic acids is 2. The van der Waals surface area contributed by atoms with Crippen molar-refractivity contribution in [2.45, 2.75) is 37.5 Å². The lowest BCUT2D eigenvalue weighted by molar-refractivity contribution is 0.102. The second-order valence-corrected chi connectivity index (χ2v) is 15.5. The second kappa shape index (κ2) is 13.2. The van der Waals surface area contributed by atoms with Crippen molar-refractivity contribution < 1.29 is 26.4 Å². The maximum atomic E-state index is 12.9. The average molecular weight is 689 g/mol. The van der Waals surface area contributed by atoms with Crippen LogP contribution in [-0.2, 0) is 33.8 Å². The first-order valence-electron chi connectivity index (χ1n) is 14.2. The van der Waals surface area contributed by atoms with Gasteiger partial charge in [0.2, 0.25) is 11.6 Å². The smallest absolute Gasteiger partial charge is 0.277 e. The lowest BCUT2D eigenvalue weighted by atomic mass is 9.98. The molecule has 3 N–H and O–H groups in total. The minimum absolute atomic E-state index is 0.0600. The third kappa shape index (κ3) is 7.02. The van der Waals surface area contributed by atoms with E-state index in [4.69, 9.17) is 0 Å². The summed E-state index contributed by atoms with van der Waals surface area (Å²) in [6.07, 6.45) is 2.23. The lowest BCUT2D eigenvalue weighted by Crippen LogP contribution is -2.22. The van der Waals surface area contributed by atoms with Crippen molar-refractivity contribution in [1.29, 1.82) is 0 Å². The highest BCUT2D eigenvalue weighted by Gasteiger charge is 2.26. The summed E-state index contributed by atoms with van der Waals surface area (Å²) in [7, 11) is 1.21. The van der Waals surface area contributed by atoms with Crippen LogP contribution in [0.3, 0.4) is 0 Å². The summed E-state index contributed by atoms with van der Waals surface area (Å²) in [5, 5.41) is 8.41. The monoisotopic (exact) mass is 688 g/mol. The van der Waals surface area contributed by atoms with Crippen LogP contribution in [0, 0.1) is 27.7 Å². The molecule has 0 bridgehead atoms. The van der Waals surface area contributed by atoms with Crippen LogP contribution < -0.4 is 21.3 Å². The lowest BCUT2D eigenvalue weighted by Gasteiger charge is -2.21. The van der Waals surface area contributed by atoms with Gasteiger partial charge in [0.15, 0.2) is 19.7 Å². The van der Waals surface area contributed by atoms with Crippen LogP contribution in [0.15, 0.2) is 43.6 Å². The summed E-state index contributed by atoms with van der Waals surface area (Å²) in [5.74, 6) is -0.853. The van der Waals surface area contributed by atoms with Gasteiger partial charge >= 0.3 is 0 Å². The second-order valence-electron chi connectivity index (χ2n) is 11.5. The predicted molar refractivity (Wildman–Crippen MR) is 181 cm³/mol. The molecule has 2 heterocycles. The number of hydrogen-bond acceptors (Lipinski definition) is 10. The van der Waals surface area contributed by atoms with E-state index in [-0.39, 0.29) is 20.9 Å². The van der Waals surface area contributed by atoms with E-state index < -0.39 is 42.4 Å². The first kappa shape index (κ1) is 36.8. The maximum absolute atomic E-state index is 12.9. The Bertz CT molecular complexity index is 2250. The van der Waals surface area contributed by atoms with Crippen molar-refractivity contribution in [2.75, 3.05) is 43.9 Å². The van der Waals surface area contributed by atoms with Gasteiger partial charge in [0.25, 0.3) is 11.1 Å². The number of aromatic amines is 2. The van der Waals surface area contributed by atoms with Gasteiger partial charge in [0.05, 0.1) is 21.2 Å². The Hall–Kier alpha value is -4.70. The van der Waals surface area contributed by atoms with E-state index in [2.05, 4.69) is 15.5 Å². The predicted octanol–water partition coefficient (Wildman–Crippen LogP) is 2.04. The Kier molecular flexibility index (Phi) is 10.3. The fourth-order valence-electron chi connectivity index (χ4n) is 5.51. The van der Waals surface area contributed by atoms with E-state index in [0.717, 1.165) is 12.5 Å². The molecule has 0 fully saturated rings. The first-order valence-corrected chi connectivity index (χ1v) is 18.0. The molecule has 0 radical (unpaired) electrons. The first-order chi connectivity index (χ1) is 21.6. The topological polar surface area (TPSA) is 193 Å². The number of ketones is 2. The number of hydrogen-bond donors (Lipinski definition) is 3. The Labute approximate surface area is 273 Å². The molecule has 2 aromatic carbocycles. The van der Waals surface area contributed by atoms with E-state index in [1.807, 2.05) is 0 Å². The Morgan fingerprint density at radius 1 is 0.702 bits per heavy atom. The highest BCUT2D eigenvalue weighted by molar-refractivity contribution is 7.91. The molecule has 4 rings (SSSR count). The summed E-state index contributed by atoms with van der Waals surface area (Å²) in [6, 6.07) is 5.71. The van der Waals surface area contributed by atoms with Gasteiger partial charge in [-0.3, -0.25) is 38.7 Å². The van der Waals surface area contributed by atoms with Gasteiger partial charge in [-0.2, -0.15) is 0 Å². The van der Waals surface area contributed by atoms with Gasteiger partial charge in [-0.25, -0.2) is 16.8 Å². The van der Waals surface area contributed by atoms with Gasteiger partial charge in [0, 0.05) is 70.3 Å². The van der Waals surface area contributed by atoms with E-state index in [1.54, 1.807) is 53.7 Å². The van der Waals surface area contributed by atoms with E-state index >= 15 is 0 Å². The number of sulfone groups is 2. The molecule has 0 saturated heterocycles. The zero-order valence-electron chi connectivity index (χ0n) is 28.2. The molecule has 0 spiro atoms. The zero-order valence-corrected chi connectivity index (χ0v) is 29.9. The van der Waals surface area contributed by atoms with Crippen molar-refractivity contribution in [3.8, 4) is 0 Å². The van der Waals surface area contributed by atoms with Crippen LogP contribution in [0.5, 0.6) is 0 Å². The number of nitrogens with one attached hydrogen (secondary N) is 3. The third-order valence-corrected chi connectivity index (χ3v) is 9.99. The summed E-state index contributed by atoms with van der Waals surface area (Å²) >= 11 is 0. The standard InChI is InChI=1S/C16H21N3O4S.C15H19N3O4S/c1-9-11(15(20)13-10(2)17-19(5)16(13)21)7-8-12(24(6,22)23)14(9)18(3)4;1-8-10(6-7-11(13(8)16-3)23(5,21)22)14(19)12-9(2)17-18(4)15(12)20/h7-8,17H,1-6H3;6-7,16-17H,1-5H3. The molecular weight excluding hydrogens is 649 g/mol. The largest absolute Gasteiger partial charge is 0.387 e. The van der Waals surface area contributed by atoms with Crippen LogP contribution >= 0.6 is 0 Å². The molecule has 0 atom stereocenters. The summed E-state index contributed by atoms with van der Waals surface area (Å²) in [4.78, 5) is 51.8. The molecular formula is C31H40N6O8S2. The summed E-state index contributed by atoms with van der Waals surface area (Å²) < 4.78 is 50.2. The van der Waals surface area contributed by atoms with Gasteiger partial charge in [-0.1, -0.05) is 0 Å². The molecule has 0 unspecified atom stereocenters. The van der Waals surface area contributed by atoms with Gasteiger partial charge in [-0.05, 0) is 63.1 Å². The number of aromatic nitrogens is 4. The Balaban J connectivity index is 0.000000256. The Morgan fingerprint density at radius 2 is 1.09 bits per heavy atom. The number of anilines is 2. The van der Waals surface area contributed by atoms with Gasteiger partial charge in [0.1, 0.15) is 11.1 Å². The van der Waals surface area contributed by atoms with Gasteiger partial charge in [-0.15, -0.1) is 0 Å². The van der Waals surface area contributed by atoms with Crippen molar-refractivity contribution in [1.82, 2.24) is 19.6 Å². The van der Waals surface area contributed by atoms with Crippen LogP contribution in [0.4, 0.5) is 11.4 Å². The highest BCUT2D eigenvalue weighted by Crippen LogP contribution is 2.32. The Morgan fingerprint density at radius 3 is 1.40 bits per heavy atom. The van der Waals surface area contributed by atoms with E-state index in [9.17, 15) is 36.0 Å². The van der Waals surface area contributed by atoms with Crippen molar-refractivity contribution in [2.24, 2.45) is 14.1 Å². The fourth-order valence-corrected chi connectivity index (χ4v) is 7.45. The van der Waals surface area contributed by atoms with Crippen LogP contribution in [0.1, 0.15) is 54.4 Å². The summed E-state index contributed by atoms with van der Waals surface area (Å²) in [5.41, 5.74) is 2.69. The molecule has 0 aliphatic carbocycles. The van der Waals surface area contributed by atoms with Crippen LogP contribution in [0.2, 0.25) is 0 Å². The average Bonchev–Trinajstić information content (AvgIpc) is 3.36. The van der Waals surface area contributed by atoms with E-state index in [0.29, 0.717) is 45.0 Å². The van der Waals surface area contributed by atoms with Crippen molar-refractivity contribution in [3.05, 3.63) is 89.7 Å². The molecule has 16 heteroatoms. The normalized spacial score (nSPS) is 11.6. The fraction of sp³-hybridized carbons (Fsp3) is 0.355. The molecule has 0 amide bonds. The quantitative estimate of drug-likeness (QED) is 0.231. The molecule has 0 aliphatic rings. The van der Waals surface area contributed by atoms with Crippen molar-refractivity contribution >= 4 is 42.6 Å². The third-order valence-electron chi connectivity index (χ3n) is 7.72. The maximum Gasteiger partial charge on any atom is 0.277 e. The molecule has 254 valence electrons. The minimum atomic E-state index is -3.45. The summed E-state index contributed by atoms with van der Waals surface area (Å²) in [6.45, 7) is 6.64.